The number of halogens is 1. The Hall–Kier alpha value is -0.930. The Morgan fingerprint density at radius 2 is 1.73 bits per heavy atom. The van der Waals surface area contributed by atoms with Gasteiger partial charge in [-0.2, -0.15) is 4.31 Å². The zero-order valence-electron chi connectivity index (χ0n) is 14.6. The Kier molecular flexibility index (Phi) is 6.74. The predicted octanol–water partition coefficient (Wildman–Crippen LogP) is 2.93. The third kappa shape index (κ3) is 4.67. The number of nitrogens with one attached hydrogen (secondary N) is 1. The van der Waals surface area contributed by atoms with Gasteiger partial charge in [0.1, 0.15) is 0 Å². The van der Waals surface area contributed by atoms with Crippen molar-refractivity contribution < 1.29 is 13.2 Å². The van der Waals surface area contributed by atoms with Gasteiger partial charge in [-0.3, -0.25) is 0 Å². The number of ether oxygens (including phenoxy) is 1. The third-order valence-electron chi connectivity index (χ3n) is 4.68. The maximum atomic E-state index is 12.8. The van der Waals surface area contributed by atoms with Gasteiger partial charge in [0, 0.05) is 26.2 Å². The van der Waals surface area contributed by atoms with Crippen LogP contribution in [0.5, 0.6) is 0 Å². The molecule has 1 aromatic rings. The van der Waals surface area contributed by atoms with Crippen molar-refractivity contribution in [2.24, 2.45) is 0 Å². The first-order valence-electron chi connectivity index (χ1n) is 8.92. The molecule has 0 bridgehead atoms. The number of sulfonamides is 1. The molecule has 6 nitrogen and oxygen atoms in total. The minimum Gasteiger partial charge on any atom is -0.379 e. The zero-order valence-corrected chi connectivity index (χ0v) is 17.0. The summed E-state index contributed by atoms with van der Waals surface area (Å²) in [6.07, 6.45) is 4.66. The summed E-state index contributed by atoms with van der Waals surface area (Å²) in [6, 6.07) is 4.70. The van der Waals surface area contributed by atoms with Gasteiger partial charge in [0.15, 0.2) is 5.11 Å². The first kappa shape index (κ1) is 19.8. The summed E-state index contributed by atoms with van der Waals surface area (Å²) in [4.78, 5) is 2.34. The Balaban J connectivity index is 1.77. The standard InChI is InChI=1S/C17H24ClN3O3S2/c18-15-6-5-14(26(22,23)21-9-11-24-12-10-21)13-16(15)19-17(25)20-7-3-1-2-4-8-20/h5-6,13H,1-4,7-12H2,(H,19,25). The van der Waals surface area contributed by atoms with E-state index in [9.17, 15) is 8.42 Å². The summed E-state index contributed by atoms with van der Waals surface area (Å²) in [5.74, 6) is 0. The highest BCUT2D eigenvalue weighted by Gasteiger charge is 2.27. The molecule has 9 heteroatoms. The van der Waals surface area contributed by atoms with Gasteiger partial charge < -0.3 is 15.0 Å². The number of hydrogen-bond donors (Lipinski definition) is 1. The Morgan fingerprint density at radius 1 is 1.08 bits per heavy atom. The van der Waals surface area contributed by atoms with E-state index in [4.69, 9.17) is 28.6 Å². The molecule has 0 unspecified atom stereocenters. The number of morpholine rings is 1. The van der Waals surface area contributed by atoms with Crippen LogP contribution in [-0.4, -0.2) is 62.1 Å². The van der Waals surface area contributed by atoms with Crippen LogP contribution in [0.25, 0.3) is 0 Å². The molecule has 2 saturated heterocycles. The number of rotatable bonds is 3. The Labute approximate surface area is 165 Å². The molecule has 0 aliphatic carbocycles. The highest BCUT2D eigenvalue weighted by molar-refractivity contribution is 7.89. The van der Waals surface area contributed by atoms with Crippen molar-refractivity contribution in [3.63, 3.8) is 0 Å². The molecule has 0 saturated carbocycles. The largest absolute Gasteiger partial charge is 0.379 e. The van der Waals surface area contributed by atoms with Crippen LogP contribution >= 0.6 is 23.8 Å². The molecule has 0 amide bonds. The number of hydrogen-bond acceptors (Lipinski definition) is 4. The average Bonchev–Trinajstić information content (AvgIpc) is 2.93. The molecule has 3 rings (SSSR count). The average molecular weight is 418 g/mol. The van der Waals surface area contributed by atoms with Crippen LogP contribution in [0.15, 0.2) is 23.1 Å². The summed E-state index contributed by atoms with van der Waals surface area (Å²) in [6.45, 7) is 3.37. The Bertz CT molecular complexity index is 744. The molecule has 0 aromatic heterocycles. The van der Waals surface area contributed by atoms with Crippen molar-refractivity contribution in [3.8, 4) is 0 Å². The number of nitrogens with zero attached hydrogens (tertiary/aromatic N) is 2. The SMILES string of the molecule is O=S(=O)(c1ccc(Cl)c(NC(=S)N2CCCCCC2)c1)N1CCOCC1. The van der Waals surface area contributed by atoms with Crippen LogP contribution in [0, 0.1) is 0 Å². The summed E-state index contributed by atoms with van der Waals surface area (Å²) >= 11 is 11.8. The first-order valence-corrected chi connectivity index (χ1v) is 11.1. The zero-order chi connectivity index (χ0) is 18.6. The smallest absolute Gasteiger partial charge is 0.243 e. The van der Waals surface area contributed by atoms with E-state index in [2.05, 4.69) is 10.2 Å². The predicted molar refractivity (Wildman–Crippen MR) is 107 cm³/mol. The minimum absolute atomic E-state index is 0.213. The van der Waals surface area contributed by atoms with E-state index in [1.54, 1.807) is 12.1 Å². The van der Waals surface area contributed by atoms with Gasteiger partial charge >= 0.3 is 0 Å². The van der Waals surface area contributed by atoms with Crippen LogP contribution in [0.4, 0.5) is 5.69 Å². The second-order valence-electron chi connectivity index (χ2n) is 6.49. The molecule has 0 atom stereocenters. The molecule has 2 aliphatic heterocycles. The topological polar surface area (TPSA) is 61.9 Å². The molecular weight excluding hydrogens is 394 g/mol. The fourth-order valence-electron chi connectivity index (χ4n) is 3.16. The molecule has 2 fully saturated rings. The second kappa shape index (κ2) is 8.84. The van der Waals surface area contributed by atoms with Gasteiger partial charge in [-0.05, 0) is 43.3 Å². The van der Waals surface area contributed by atoms with Crippen molar-refractivity contribution in [1.82, 2.24) is 9.21 Å². The fourth-order valence-corrected chi connectivity index (χ4v) is 5.06. The quantitative estimate of drug-likeness (QED) is 0.763. The van der Waals surface area contributed by atoms with Gasteiger partial charge in [0.25, 0.3) is 0 Å². The first-order chi connectivity index (χ1) is 12.5. The molecule has 1 N–H and O–H groups in total. The summed E-state index contributed by atoms with van der Waals surface area (Å²) < 4.78 is 32.4. The van der Waals surface area contributed by atoms with E-state index < -0.39 is 10.0 Å². The van der Waals surface area contributed by atoms with Crippen LogP contribution < -0.4 is 5.32 Å². The molecule has 0 spiro atoms. The minimum atomic E-state index is -3.57. The molecule has 1 aromatic carbocycles. The van der Waals surface area contributed by atoms with Crippen molar-refractivity contribution in [1.29, 1.82) is 0 Å². The summed E-state index contributed by atoms with van der Waals surface area (Å²) in [7, 11) is -3.57. The molecular formula is C17H24ClN3O3S2. The van der Waals surface area contributed by atoms with E-state index in [1.807, 2.05) is 0 Å². The van der Waals surface area contributed by atoms with Gasteiger partial charge in [-0.1, -0.05) is 24.4 Å². The molecule has 0 radical (unpaired) electrons. The van der Waals surface area contributed by atoms with E-state index >= 15 is 0 Å². The van der Waals surface area contributed by atoms with Crippen molar-refractivity contribution >= 4 is 44.6 Å². The monoisotopic (exact) mass is 417 g/mol. The molecule has 144 valence electrons. The third-order valence-corrected chi connectivity index (χ3v) is 7.27. The van der Waals surface area contributed by atoms with E-state index in [1.165, 1.54) is 23.2 Å². The molecule has 26 heavy (non-hydrogen) atoms. The highest BCUT2D eigenvalue weighted by atomic mass is 35.5. The normalized spacial score (nSPS) is 19.8. The lowest BCUT2D eigenvalue weighted by molar-refractivity contribution is 0.0730. The lowest BCUT2D eigenvalue weighted by atomic mass is 10.2. The van der Waals surface area contributed by atoms with E-state index in [0.717, 1.165) is 25.9 Å². The van der Waals surface area contributed by atoms with E-state index in [-0.39, 0.29) is 4.90 Å². The summed E-state index contributed by atoms with van der Waals surface area (Å²) in [5, 5.41) is 4.18. The van der Waals surface area contributed by atoms with Gasteiger partial charge in [0.05, 0.1) is 28.8 Å². The summed E-state index contributed by atoms with van der Waals surface area (Å²) in [5.41, 5.74) is 0.523. The lowest BCUT2D eigenvalue weighted by Gasteiger charge is -2.27. The molecule has 2 heterocycles. The van der Waals surface area contributed by atoms with Crippen LogP contribution in [0.1, 0.15) is 25.7 Å². The maximum absolute atomic E-state index is 12.8. The van der Waals surface area contributed by atoms with Crippen molar-refractivity contribution in [2.75, 3.05) is 44.7 Å². The molecule has 2 aliphatic rings. The van der Waals surface area contributed by atoms with Crippen molar-refractivity contribution in [3.05, 3.63) is 23.2 Å². The van der Waals surface area contributed by atoms with Gasteiger partial charge in [-0.15, -0.1) is 0 Å². The number of thiocarbonyl (C=S) groups is 1. The lowest BCUT2D eigenvalue weighted by Crippen LogP contribution is -2.40. The number of anilines is 1. The van der Waals surface area contributed by atoms with Crippen LogP contribution in [0.2, 0.25) is 5.02 Å². The number of likely N-dealkylation sites (tertiary alicyclic amines) is 1. The second-order valence-corrected chi connectivity index (χ2v) is 9.22. The van der Waals surface area contributed by atoms with Crippen LogP contribution in [-0.2, 0) is 14.8 Å². The van der Waals surface area contributed by atoms with Gasteiger partial charge in [0.2, 0.25) is 10.0 Å². The highest BCUT2D eigenvalue weighted by Crippen LogP contribution is 2.28. The van der Waals surface area contributed by atoms with Crippen molar-refractivity contribution in [2.45, 2.75) is 30.6 Å². The fraction of sp³-hybridized carbons (Fsp3) is 0.588. The van der Waals surface area contributed by atoms with Gasteiger partial charge in [-0.25, -0.2) is 8.42 Å². The Morgan fingerprint density at radius 3 is 2.38 bits per heavy atom. The maximum Gasteiger partial charge on any atom is 0.243 e. The van der Waals surface area contributed by atoms with E-state index in [0.29, 0.717) is 42.1 Å². The van der Waals surface area contributed by atoms with Crippen LogP contribution in [0.3, 0.4) is 0 Å². The number of benzene rings is 1.